The Morgan fingerprint density at radius 1 is 1.19 bits per heavy atom. The van der Waals surface area contributed by atoms with Crippen LogP contribution in [-0.4, -0.2) is 13.1 Å². The lowest BCUT2D eigenvalue weighted by Crippen LogP contribution is -2.23. The third-order valence-electron chi connectivity index (χ3n) is 3.09. The van der Waals surface area contributed by atoms with Gasteiger partial charge in [-0.15, -0.1) is 0 Å². The van der Waals surface area contributed by atoms with Gasteiger partial charge in [0.2, 0.25) is 0 Å². The van der Waals surface area contributed by atoms with Crippen LogP contribution in [-0.2, 0) is 17.9 Å². The second-order valence-electron chi connectivity index (χ2n) is 4.91. The Labute approximate surface area is 125 Å². The Balaban J connectivity index is 2.04. The fraction of sp³-hybridized carbons (Fsp3) is 0.235. The number of nitrogens with one attached hydrogen (secondary N) is 1. The van der Waals surface area contributed by atoms with Crippen LogP contribution < -0.4 is 11.1 Å². The Morgan fingerprint density at radius 3 is 2.76 bits per heavy atom. The number of aliphatic imine (C=N–C) groups is 1. The molecule has 0 bridgehead atoms. The second-order valence-corrected chi connectivity index (χ2v) is 4.91. The standard InChI is InChI=1S/C17H21N3O/c1-13-6-5-7-14(10-13)11-19-17(18)20-16-9-4-3-8-15(16)12-21-2/h3-10H,11-12H2,1-2H3,(H3,18,19,20). The molecule has 0 saturated carbocycles. The second kappa shape index (κ2) is 7.45. The summed E-state index contributed by atoms with van der Waals surface area (Å²) in [6, 6.07) is 16.1. The molecule has 0 spiro atoms. The highest BCUT2D eigenvalue weighted by Gasteiger charge is 2.02. The smallest absolute Gasteiger partial charge is 0.193 e. The van der Waals surface area contributed by atoms with E-state index in [9.17, 15) is 0 Å². The summed E-state index contributed by atoms with van der Waals surface area (Å²) in [5.74, 6) is 0.403. The van der Waals surface area contributed by atoms with E-state index in [-0.39, 0.29) is 0 Å². The SMILES string of the molecule is COCc1ccccc1NC(N)=NCc1cccc(C)c1. The van der Waals surface area contributed by atoms with Gasteiger partial charge in [0.05, 0.1) is 13.2 Å². The molecule has 21 heavy (non-hydrogen) atoms. The molecular formula is C17H21N3O. The van der Waals surface area contributed by atoms with E-state index >= 15 is 0 Å². The summed E-state index contributed by atoms with van der Waals surface area (Å²) in [4.78, 5) is 4.37. The van der Waals surface area contributed by atoms with Crippen molar-refractivity contribution in [2.24, 2.45) is 10.7 Å². The monoisotopic (exact) mass is 283 g/mol. The molecule has 110 valence electrons. The van der Waals surface area contributed by atoms with Gasteiger partial charge in [-0.1, -0.05) is 48.0 Å². The van der Waals surface area contributed by atoms with E-state index in [1.165, 1.54) is 5.56 Å². The maximum atomic E-state index is 5.95. The van der Waals surface area contributed by atoms with E-state index in [1.807, 2.05) is 36.4 Å². The van der Waals surface area contributed by atoms with Gasteiger partial charge >= 0.3 is 0 Å². The number of aryl methyl sites for hydroxylation is 1. The van der Waals surface area contributed by atoms with Crippen LogP contribution in [0.4, 0.5) is 5.69 Å². The molecule has 0 amide bonds. The zero-order valence-electron chi connectivity index (χ0n) is 12.5. The molecule has 0 heterocycles. The molecule has 0 aliphatic heterocycles. The van der Waals surface area contributed by atoms with Gasteiger partial charge in [-0.25, -0.2) is 4.99 Å². The summed E-state index contributed by atoms with van der Waals surface area (Å²) in [6.07, 6.45) is 0. The number of guanidine groups is 1. The number of benzene rings is 2. The number of ether oxygens (including phenoxy) is 1. The molecule has 0 saturated heterocycles. The largest absolute Gasteiger partial charge is 0.380 e. The van der Waals surface area contributed by atoms with E-state index in [2.05, 4.69) is 29.4 Å². The van der Waals surface area contributed by atoms with Crippen LogP contribution in [0.1, 0.15) is 16.7 Å². The number of nitrogens with zero attached hydrogens (tertiary/aromatic N) is 1. The van der Waals surface area contributed by atoms with Crippen molar-refractivity contribution in [1.29, 1.82) is 0 Å². The van der Waals surface area contributed by atoms with Crippen LogP contribution in [0, 0.1) is 6.92 Å². The van der Waals surface area contributed by atoms with Gasteiger partial charge in [0, 0.05) is 18.4 Å². The zero-order chi connectivity index (χ0) is 15.1. The number of nitrogens with two attached hydrogens (primary N) is 1. The third kappa shape index (κ3) is 4.61. The van der Waals surface area contributed by atoms with Gasteiger partial charge in [-0.3, -0.25) is 0 Å². The van der Waals surface area contributed by atoms with Gasteiger partial charge in [0.1, 0.15) is 0 Å². The number of rotatable bonds is 5. The minimum absolute atomic E-state index is 0.403. The van der Waals surface area contributed by atoms with E-state index in [0.29, 0.717) is 19.1 Å². The Hall–Kier alpha value is -2.33. The lowest BCUT2D eigenvalue weighted by molar-refractivity contribution is 0.185. The fourth-order valence-electron chi connectivity index (χ4n) is 2.09. The lowest BCUT2D eigenvalue weighted by Gasteiger charge is -2.10. The van der Waals surface area contributed by atoms with Crippen molar-refractivity contribution < 1.29 is 4.74 Å². The lowest BCUT2D eigenvalue weighted by atomic mass is 10.1. The van der Waals surface area contributed by atoms with E-state index in [0.717, 1.165) is 16.8 Å². The molecule has 2 aromatic carbocycles. The molecule has 3 N–H and O–H groups in total. The number of hydrogen-bond donors (Lipinski definition) is 2. The van der Waals surface area contributed by atoms with Crippen LogP contribution in [0.5, 0.6) is 0 Å². The summed E-state index contributed by atoms with van der Waals surface area (Å²) in [6.45, 7) is 3.16. The van der Waals surface area contributed by atoms with Crippen molar-refractivity contribution in [2.45, 2.75) is 20.1 Å². The molecule has 0 aromatic heterocycles. The van der Waals surface area contributed by atoms with E-state index in [4.69, 9.17) is 10.5 Å². The molecule has 0 atom stereocenters. The van der Waals surface area contributed by atoms with Crippen molar-refractivity contribution in [2.75, 3.05) is 12.4 Å². The van der Waals surface area contributed by atoms with Crippen LogP contribution in [0.15, 0.2) is 53.5 Å². The molecule has 0 aliphatic carbocycles. The van der Waals surface area contributed by atoms with Gasteiger partial charge in [-0.05, 0) is 18.6 Å². The summed E-state index contributed by atoms with van der Waals surface area (Å²) in [7, 11) is 1.67. The molecular weight excluding hydrogens is 262 g/mol. The van der Waals surface area contributed by atoms with Crippen LogP contribution in [0.2, 0.25) is 0 Å². The topological polar surface area (TPSA) is 59.6 Å². The van der Waals surface area contributed by atoms with Crippen molar-refractivity contribution in [3.8, 4) is 0 Å². The molecule has 0 unspecified atom stereocenters. The summed E-state index contributed by atoms with van der Waals surface area (Å²) < 4.78 is 5.17. The highest BCUT2D eigenvalue weighted by Crippen LogP contribution is 2.15. The quantitative estimate of drug-likeness (QED) is 0.655. The molecule has 0 radical (unpaired) electrons. The zero-order valence-corrected chi connectivity index (χ0v) is 12.5. The van der Waals surface area contributed by atoms with Gasteiger partial charge < -0.3 is 15.8 Å². The van der Waals surface area contributed by atoms with Crippen LogP contribution in [0.3, 0.4) is 0 Å². The molecule has 0 aliphatic rings. The molecule has 2 aromatic rings. The van der Waals surface area contributed by atoms with Crippen molar-refractivity contribution >= 4 is 11.6 Å². The normalized spacial score (nSPS) is 11.4. The number of anilines is 1. The molecule has 2 rings (SSSR count). The van der Waals surface area contributed by atoms with Crippen molar-refractivity contribution in [1.82, 2.24) is 0 Å². The first-order valence-corrected chi connectivity index (χ1v) is 6.88. The number of hydrogen-bond acceptors (Lipinski definition) is 2. The van der Waals surface area contributed by atoms with Crippen molar-refractivity contribution in [3.63, 3.8) is 0 Å². The number of methoxy groups -OCH3 is 1. The predicted octanol–water partition coefficient (Wildman–Crippen LogP) is 3.07. The average Bonchev–Trinajstić information content (AvgIpc) is 2.48. The minimum Gasteiger partial charge on any atom is -0.380 e. The fourth-order valence-corrected chi connectivity index (χ4v) is 2.09. The first kappa shape index (κ1) is 15.1. The third-order valence-corrected chi connectivity index (χ3v) is 3.09. The van der Waals surface area contributed by atoms with Crippen LogP contribution >= 0.6 is 0 Å². The number of para-hydroxylation sites is 1. The highest BCUT2D eigenvalue weighted by atomic mass is 16.5. The van der Waals surface area contributed by atoms with E-state index in [1.54, 1.807) is 7.11 Å². The van der Waals surface area contributed by atoms with Crippen LogP contribution in [0.25, 0.3) is 0 Å². The van der Waals surface area contributed by atoms with Gasteiger partial charge in [0.25, 0.3) is 0 Å². The summed E-state index contributed by atoms with van der Waals surface area (Å²) >= 11 is 0. The Kier molecular flexibility index (Phi) is 5.35. The van der Waals surface area contributed by atoms with Gasteiger partial charge in [0.15, 0.2) is 5.96 Å². The molecule has 0 fully saturated rings. The summed E-state index contributed by atoms with van der Waals surface area (Å²) in [5, 5.41) is 3.13. The molecule has 4 heteroatoms. The summed E-state index contributed by atoms with van der Waals surface area (Å²) in [5.41, 5.74) is 10.3. The first-order valence-electron chi connectivity index (χ1n) is 6.88. The van der Waals surface area contributed by atoms with Crippen molar-refractivity contribution in [3.05, 3.63) is 65.2 Å². The van der Waals surface area contributed by atoms with Gasteiger partial charge in [-0.2, -0.15) is 0 Å². The predicted molar refractivity (Wildman–Crippen MR) is 87.3 cm³/mol. The maximum absolute atomic E-state index is 5.95. The average molecular weight is 283 g/mol. The molecule has 4 nitrogen and oxygen atoms in total. The first-order chi connectivity index (χ1) is 10.2. The Morgan fingerprint density at radius 2 is 2.00 bits per heavy atom. The Bertz CT molecular complexity index is 623. The maximum Gasteiger partial charge on any atom is 0.193 e. The van der Waals surface area contributed by atoms with E-state index < -0.39 is 0 Å². The highest BCUT2D eigenvalue weighted by molar-refractivity contribution is 5.92. The minimum atomic E-state index is 0.403.